The van der Waals surface area contributed by atoms with Crippen LogP contribution in [0.5, 0.6) is 0 Å². The molecule has 2 aromatic rings. The maximum Gasteiger partial charge on any atom is 0.357 e. The van der Waals surface area contributed by atoms with Crippen LogP contribution in [0.2, 0.25) is 0 Å². The van der Waals surface area contributed by atoms with Crippen molar-refractivity contribution in [2.24, 2.45) is 0 Å². The summed E-state index contributed by atoms with van der Waals surface area (Å²) in [4.78, 5) is 12.9. The molecule has 1 aromatic heterocycles. The van der Waals surface area contributed by atoms with Crippen LogP contribution < -0.4 is 10.3 Å². The summed E-state index contributed by atoms with van der Waals surface area (Å²) in [5.41, 5.74) is -0.179. The number of anilines is 1. The number of hydrogen-bond donors (Lipinski definition) is 2. The largest absolute Gasteiger partial charge is 0.423 e. The zero-order valence-corrected chi connectivity index (χ0v) is 12.1. The molecule has 0 aliphatic rings. The van der Waals surface area contributed by atoms with Gasteiger partial charge in [0.25, 0.3) is 0 Å². The molecule has 0 saturated heterocycles. The summed E-state index contributed by atoms with van der Waals surface area (Å²) >= 11 is 0. The van der Waals surface area contributed by atoms with Crippen molar-refractivity contribution in [3.05, 3.63) is 40.8 Å². The first kappa shape index (κ1) is 16.2. The van der Waals surface area contributed by atoms with Crippen LogP contribution in [-0.4, -0.2) is 39.0 Å². The van der Waals surface area contributed by atoms with Crippen LogP contribution in [0, 0.1) is 0 Å². The number of rotatable bonds is 2. The Labute approximate surface area is 116 Å². The summed E-state index contributed by atoms with van der Waals surface area (Å²) in [6.45, 7) is 0. The van der Waals surface area contributed by atoms with E-state index in [4.69, 9.17) is 8.97 Å². The molecule has 20 heavy (non-hydrogen) atoms. The van der Waals surface area contributed by atoms with Crippen molar-refractivity contribution < 1.29 is 17.4 Å². The highest BCUT2D eigenvalue weighted by atomic mass is 32.2. The van der Waals surface area contributed by atoms with E-state index in [1.54, 1.807) is 12.1 Å². The molecule has 2 N–H and O–H groups in total. The third kappa shape index (κ3) is 5.83. The van der Waals surface area contributed by atoms with E-state index >= 15 is 0 Å². The average molecular weight is 300 g/mol. The van der Waals surface area contributed by atoms with E-state index in [-0.39, 0.29) is 11.3 Å². The van der Waals surface area contributed by atoms with Crippen molar-refractivity contribution in [2.75, 3.05) is 25.9 Å². The Hall–Kier alpha value is -1.90. The van der Waals surface area contributed by atoms with Gasteiger partial charge in [0.05, 0.1) is 5.69 Å². The third-order valence-electron chi connectivity index (χ3n) is 1.87. The Morgan fingerprint density at radius 2 is 1.70 bits per heavy atom. The van der Waals surface area contributed by atoms with E-state index in [1.165, 1.54) is 18.2 Å². The molecule has 0 unspecified atom stereocenters. The second-order valence-corrected chi connectivity index (χ2v) is 5.58. The van der Waals surface area contributed by atoms with Crippen LogP contribution in [0.15, 0.2) is 39.5 Å². The quantitative estimate of drug-likeness (QED) is 0.638. The van der Waals surface area contributed by atoms with Gasteiger partial charge in [-0.3, -0.25) is 9.27 Å². The second kappa shape index (κ2) is 6.51. The summed E-state index contributed by atoms with van der Waals surface area (Å²) in [7, 11) is 1.67. The number of hydrogen-bond acceptors (Lipinski definition) is 5. The Kier molecular flexibility index (Phi) is 5.26. The Balaban J connectivity index is 0.000000444. The molecule has 0 aliphatic heterocycles. The average Bonchev–Trinajstić information content (AvgIpc) is 2.25. The molecule has 0 atom stereocenters. The van der Waals surface area contributed by atoms with Crippen molar-refractivity contribution in [3.8, 4) is 0 Å². The predicted molar refractivity (Wildman–Crippen MR) is 77.3 cm³/mol. The molecule has 0 spiro atoms. The van der Waals surface area contributed by atoms with Gasteiger partial charge in [0.2, 0.25) is 0 Å². The second-order valence-electron chi connectivity index (χ2n) is 4.43. The number of nitrogens with one attached hydrogen (secondary N) is 1. The molecule has 8 heteroatoms. The van der Waals surface area contributed by atoms with Gasteiger partial charge < -0.3 is 9.32 Å². The maximum absolute atomic E-state index is 10.9. The highest BCUT2D eigenvalue weighted by Crippen LogP contribution is 2.17. The van der Waals surface area contributed by atoms with E-state index in [1.807, 2.05) is 30.8 Å². The molecule has 7 nitrogen and oxygen atoms in total. The molecular weight excluding hydrogens is 284 g/mol. The highest BCUT2D eigenvalue weighted by Gasteiger charge is 2.05. The molecule has 0 bridgehead atoms. The first-order valence-corrected chi connectivity index (χ1v) is 7.01. The lowest BCUT2D eigenvalue weighted by atomic mass is 10.2. The maximum atomic E-state index is 10.9. The van der Waals surface area contributed by atoms with Gasteiger partial charge in [-0.1, -0.05) is 0 Å². The minimum Gasteiger partial charge on any atom is -0.423 e. The Morgan fingerprint density at radius 1 is 1.15 bits per heavy atom. The summed E-state index contributed by atoms with van der Waals surface area (Å²) < 4.78 is 36.4. The fourth-order valence-corrected chi connectivity index (χ4v) is 1.70. The lowest BCUT2D eigenvalue weighted by Crippen LogP contribution is -2.10. The van der Waals surface area contributed by atoms with Crippen LogP contribution in [0.25, 0.3) is 11.0 Å². The fourth-order valence-electron chi connectivity index (χ4n) is 1.27. The molecule has 0 amide bonds. The molecule has 1 heterocycles. The van der Waals surface area contributed by atoms with E-state index in [0.717, 1.165) is 0 Å². The monoisotopic (exact) mass is 300 g/mol. The van der Waals surface area contributed by atoms with Crippen molar-refractivity contribution in [1.82, 2.24) is 4.90 Å². The van der Waals surface area contributed by atoms with Crippen molar-refractivity contribution in [2.45, 2.75) is 0 Å². The highest BCUT2D eigenvalue weighted by molar-refractivity contribution is 7.87. The Morgan fingerprint density at radius 3 is 2.25 bits per heavy atom. The molecule has 0 aliphatic carbocycles. The van der Waals surface area contributed by atoms with Gasteiger partial charge in [-0.2, -0.15) is 8.42 Å². The zero-order chi connectivity index (χ0) is 15.3. The van der Waals surface area contributed by atoms with E-state index in [9.17, 15) is 13.2 Å². The lowest BCUT2D eigenvalue weighted by Gasteiger charge is -2.02. The molecular formula is C12H16N2O5S. The molecule has 0 fully saturated rings. The van der Waals surface area contributed by atoms with Crippen LogP contribution in [0.4, 0.5) is 5.69 Å². The van der Waals surface area contributed by atoms with Gasteiger partial charge in [-0.05, 0) is 39.3 Å². The SMILES string of the molecule is CN(C)C.O=c1ccc2ccc(NS(=O)(=O)O)cc2o1. The van der Waals surface area contributed by atoms with Gasteiger partial charge in [0.1, 0.15) is 5.58 Å². The first-order chi connectivity index (χ1) is 9.17. The summed E-state index contributed by atoms with van der Waals surface area (Å²) in [6, 6.07) is 7.13. The summed E-state index contributed by atoms with van der Waals surface area (Å²) in [5.74, 6) is 0. The fraction of sp³-hybridized carbons (Fsp3) is 0.250. The lowest BCUT2D eigenvalue weighted by molar-refractivity contribution is 0.489. The standard InChI is InChI=1S/C9H7NO5S.C3H9N/c11-9-4-2-6-1-3-7(5-8(6)15-9)10-16(12,13)14;1-4(2)3/h1-5,10H,(H,12,13,14);1-3H3. The van der Waals surface area contributed by atoms with E-state index in [0.29, 0.717) is 5.39 Å². The number of nitrogens with zero attached hydrogens (tertiary/aromatic N) is 1. The van der Waals surface area contributed by atoms with Crippen LogP contribution in [0.3, 0.4) is 0 Å². The van der Waals surface area contributed by atoms with Gasteiger partial charge >= 0.3 is 15.9 Å². The molecule has 110 valence electrons. The van der Waals surface area contributed by atoms with Gasteiger partial charge in [-0.25, -0.2) is 4.79 Å². The van der Waals surface area contributed by atoms with Crippen LogP contribution in [-0.2, 0) is 10.3 Å². The van der Waals surface area contributed by atoms with E-state index < -0.39 is 15.9 Å². The predicted octanol–water partition coefficient (Wildman–Crippen LogP) is 1.19. The summed E-state index contributed by atoms with van der Waals surface area (Å²) in [6.07, 6.45) is 0. The molecule has 0 saturated carbocycles. The normalized spacial score (nSPS) is 11.1. The number of fused-ring (bicyclic) bond motifs is 1. The van der Waals surface area contributed by atoms with Crippen molar-refractivity contribution >= 4 is 27.0 Å². The Bertz CT molecular complexity index is 734. The molecule has 2 rings (SSSR count). The first-order valence-electron chi connectivity index (χ1n) is 5.57. The molecule has 1 aromatic carbocycles. The van der Waals surface area contributed by atoms with Crippen molar-refractivity contribution in [1.29, 1.82) is 0 Å². The topological polar surface area (TPSA) is 99.9 Å². The minimum atomic E-state index is -4.33. The summed E-state index contributed by atoms with van der Waals surface area (Å²) in [5, 5.41) is 0.653. The molecule has 0 radical (unpaired) electrons. The van der Waals surface area contributed by atoms with Gasteiger partial charge in [0, 0.05) is 17.5 Å². The van der Waals surface area contributed by atoms with Crippen molar-refractivity contribution in [3.63, 3.8) is 0 Å². The van der Waals surface area contributed by atoms with Gasteiger partial charge in [0.15, 0.2) is 0 Å². The number of benzene rings is 1. The van der Waals surface area contributed by atoms with Crippen LogP contribution >= 0.6 is 0 Å². The van der Waals surface area contributed by atoms with E-state index in [2.05, 4.69) is 0 Å². The smallest absolute Gasteiger partial charge is 0.357 e. The third-order valence-corrected chi connectivity index (χ3v) is 2.36. The van der Waals surface area contributed by atoms with Crippen LogP contribution in [0.1, 0.15) is 0 Å². The minimum absolute atomic E-state index is 0.115. The zero-order valence-electron chi connectivity index (χ0n) is 11.3. The van der Waals surface area contributed by atoms with Gasteiger partial charge in [-0.15, -0.1) is 0 Å².